The van der Waals surface area contributed by atoms with E-state index in [2.05, 4.69) is 19.8 Å². The topological polar surface area (TPSA) is 89.8 Å². The van der Waals surface area contributed by atoms with Crippen LogP contribution in [0.25, 0.3) is 11.0 Å². The van der Waals surface area contributed by atoms with Crippen LogP contribution >= 0.6 is 11.6 Å². The van der Waals surface area contributed by atoms with Crippen molar-refractivity contribution in [3.05, 3.63) is 41.7 Å². The van der Waals surface area contributed by atoms with E-state index in [1.807, 2.05) is 0 Å². The number of rotatable bonds is 3. The number of hydrogen-bond donors (Lipinski definition) is 1. The molecule has 0 unspecified atom stereocenters. The normalized spacial score (nSPS) is 11.7. The van der Waals surface area contributed by atoms with Crippen LogP contribution in [0.5, 0.6) is 0 Å². The molecule has 0 atom stereocenters. The van der Waals surface area contributed by atoms with Gasteiger partial charge in [0.25, 0.3) is 10.0 Å². The number of aryl methyl sites for hydroxylation is 1. The third-order valence-corrected chi connectivity index (χ3v) is 4.22. The van der Waals surface area contributed by atoms with Gasteiger partial charge in [-0.15, -0.1) is 0 Å². The Bertz CT molecular complexity index is 922. The van der Waals surface area contributed by atoms with Crippen LogP contribution in [0.4, 0.5) is 5.82 Å². The first-order chi connectivity index (χ1) is 9.95. The smallest absolute Gasteiger partial charge is 0.274 e. The summed E-state index contributed by atoms with van der Waals surface area (Å²) in [5.74, 6) is -0.0268. The highest BCUT2D eigenvalue weighted by Crippen LogP contribution is 2.23. The van der Waals surface area contributed by atoms with Gasteiger partial charge < -0.3 is 0 Å². The van der Waals surface area contributed by atoms with Crippen molar-refractivity contribution in [3.8, 4) is 0 Å². The molecule has 0 amide bonds. The van der Waals surface area contributed by atoms with E-state index in [0.717, 1.165) is 0 Å². The number of nitrogens with one attached hydrogen (secondary N) is 1. The maximum Gasteiger partial charge on any atom is 0.282 e. The van der Waals surface area contributed by atoms with Crippen molar-refractivity contribution < 1.29 is 8.42 Å². The second-order valence-electron chi connectivity index (χ2n) is 4.28. The maximum atomic E-state index is 12.2. The molecular formula is C12H10ClN5O2S. The monoisotopic (exact) mass is 323 g/mol. The Balaban J connectivity index is 2.03. The number of benzene rings is 1. The third kappa shape index (κ3) is 2.67. The number of aromatic nitrogens is 4. The second-order valence-corrected chi connectivity index (χ2v) is 6.27. The van der Waals surface area contributed by atoms with Gasteiger partial charge >= 0.3 is 0 Å². The Morgan fingerprint density at radius 1 is 1.14 bits per heavy atom. The molecule has 0 fully saturated rings. The molecule has 3 rings (SSSR count). The standard InChI is InChI=1S/C12H10ClN5O2S/c1-18-7-6-10(16-18)21(19,20)17-12-11(13)14-8-4-2-3-5-9(8)15-12/h2-7H,1H3,(H,15,17). The number of anilines is 1. The largest absolute Gasteiger partial charge is 0.282 e. The molecule has 3 aromatic rings. The van der Waals surface area contributed by atoms with E-state index in [4.69, 9.17) is 11.6 Å². The van der Waals surface area contributed by atoms with Gasteiger partial charge in [-0.3, -0.25) is 9.40 Å². The molecule has 7 nitrogen and oxygen atoms in total. The number of para-hydroxylation sites is 2. The van der Waals surface area contributed by atoms with Crippen molar-refractivity contribution in [1.82, 2.24) is 19.7 Å². The van der Waals surface area contributed by atoms with Gasteiger partial charge in [-0.2, -0.15) is 13.5 Å². The average molecular weight is 324 g/mol. The zero-order chi connectivity index (χ0) is 15.0. The Labute approximate surface area is 125 Å². The van der Waals surface area contributed by atoms with E-state index in [1.54, 1.807) is 31.3 Å². The summed E-state index contributed by atoms with van der Waals surface area (Å²) in [6.45, 7) is 0. The summed E-state index contributed by atoms with van der Waals surface area (Å²) in [4.78, 5) is 8.28. The lowest BCUT2D eigenvalue weighted by Gasteiger charge is -2.07. The van der Waals surface area contributed by atoms with Crippen LogP contribution in [-0.4, -0.2) is 28.2 Å². The molecule has 0 bridgehead atoms. The number of halogens is 1. The summed E-state index contributed by atoms with van der Waals surface area (Å²) in [6, 6.07) is 8.42. The number of fused-ring (bicyclic) bond motifs is 1. The minimum absolute atomic E-state index is 0.0202. The fraction of sp³-hybridized carbons (Fsp3) is 0.0833. The van der Waals surface area contributed by atoms with Gasteiger partial charge in [0.1, 0.15) is 0 Å². The first kappa shape index (κ1) is 13.8. The second kappa shape index (κ2) is 4.97. The Morgan fingerprint density at radius 2 is 1.81 bits per heavy atom. The van der Waals surface area contributed by atoms with Crippen molar-refractivity contribution in [2.75, 3.05) is 4.72 Å². The van der Waals surface area contributed by atoms with Crippen molar-refractivity contribution in [1.29, 1.82) is 0 Å². The van der Waals surface area contributed by atoms with Gasteiger partial charge in [0.05, 0.1) is 11.0 Å². The van der Waals surface area contributed by atoms with Crippen LogP contribution in [0.15, 0.2) is 41.6 Å². The van der Waals surface area contributed by atoms with Gasteiger partial charge in [-0.25, -0.2) is 9.97 Å². The highest BCUT2D eigenvalue weighted by atomic mass is 35.5. The minimum Gasteiger partial charge on any atom is -0.274 e. The lowest BCUT2D eigenvalue weighted by Crippen LogP contribution is -2.15. The fourth-order valence-corrected chi connectivity index (χ4v) is 2.97. The molecule has 9 heteroatoms. The molecule has 108 valence electrons. The molecular weight excluding hydrogens is 314 g/mol. The number of sulfonamides is 1. The Hall–Kier alpha value is -2.19. The van der Waals surface area contributed by atoms with Crippen LogP contribution in [0.2, 0.25) is 5.15 Å². The van der Waals surface area contributed by atoms with Gasteiger partial charge in [0.2, 0.25) is 0 Å². The zero-order valence-electron chi connectivity index (χ0n) is 10.9. The predicted molar refractivity (Wildman–Crippen MR) is 78.6 cm³/mol. The Morgan fingerprint density at radius 3 is 2.43 bits per heavy atom. The third-order valence-electron chi connectivity index (χ3n) is 2.72. The van der Waals surface area contributed by atoms with Crippen LogP contribution in [0, 0.1) is 0 Å². The lowest BCUT2D eigenvalue weighted by molar-refractivity contribution is 0.593. The van der Waals surface area contributed by atoms with Crippen LogP contribution in [-0.2, 0) is 17.1 Å². The molecule has 0 aliphatic heterocycles. The molecule has 0 spiro atoms. The Kier molecular flexibility index (Phi) is 3.26. The molecule has 0 aliphatic carbocycles. The van der Waals surface area contributed by atoms with E-state index in [1.165, 1.54) is 16.9 Å². The molecule has 0 saturated heterocycles. The van der Waals surface area contributed by atoms with Gasteiger partial charge in [-0.05, 0) is 18.2 Å². The van der Waals surface area contributed by atoms with E-state index in [-0.39, 0.29) is 16.0 Å². The number of nitrogens with zero attached hydrogens (tertiary/aromatic N) is 4. The van der Waals surface area contributed by atoms with Gasteiger partial charge in [0.15, 0.2) is 16.0 Å². The van der Waals surface area contributed by atoms with Crippen molar-refractivity contribution in [2.24, 2.45) is 7.05 Å². The quantitative estimate of drug-likeness (QED) is 0.794. The summed E-state index contributed by atoms with van der Waals surface area (Å²) < 4.78 is 28.1. The highest BCUT2D eigenvalue weighted by Gasteiger charge is 2.20. The summed E-state index contributed by atoms with van der Waals surface area (Å²) in [6.07, 6.45) is 1.53. The molecule has 0 saturated carbocycles. The SMILES string of the molecule is Cn1ccc(S(=O)(=O)Nc2nc3ccccc3nc2Cl)n1. The van der Waals surface area contributed by atoms with Crippen LogP contribution in [0.1, 0.15) is 0 Å². The van der Waals surface area contributed by atoms with Crippen LogP contribution in [0.3, 0.4) is 0 Å². The highest BCUT2D eigenvalue weighted by molar-refractivity contribution is 7.92. The van der Waals surface area contributed by atoms with E-state index < -0.39 is 10.0 Å². The average Bonchev–Trinajstić information content (AvgIpc) is 2.87. The molecule has 1 N–H and O–H groups in total. The van der Waals surface area contributed by atoms with E-state index in [0.29, 0.717) is 11.0 Å². The molecule has 0 aliphatic rings. The van der Waals surface area contributed by atoms with Crippen molar-refractivity contribution in [3.63, 3.8) is 0 Å². The minimum atomic E-state index is -3.85. The fourth-order valence-electron chi connectivity index (χ4n) is 1.76. The molecule has 2 aromatic heterocycles. The van der Waals surface area contributed by atoms with Crippen molar-refractivity contribution >= 4 is 38.5 Å². The molecule has 2 heterocycles. The summed E-state index contributed by atoms with van der Waals surface area (Å²) in [5, 5.41) is 3.71. The summed E-state index contributed by atoms with van der Waals surface area (Å²) >= 11 is 5.98. The molecule has 1 aromatic carbocycles. The first-order valence-corrected chi connectivity index (χ1v) is 7.76. The molecule has 0 radical (unpaired) electrons. The number of hydrogen-bond acceptors (Lipinski definition) is 5. The summed E-state index contributed by atoms with van der Waals surface area (Å²) in [7, 11) is -2.23. The molecule has 21 heavy (non-hydrogen) atoms. The van der Waals surface area contributed by atoms with E-state index in [9.17, 15) is 8.42 Å². The summed E-state index contributed by atoms with van der Waals surface area (Å²) in [5.41, 5.74) is 1.13. The van der Waals surface area contributed by atoms with Gasteiger partial charge in [0, 0.05) is 13.2 Å². The van der Waals surface area contributed by atoms with Gasteiger partial charge in [-0.1, -0.05) is 23.7 Å². The van der Waals surface area contributed by atoms with Crippen LogP contribution < -0.4 is 4.72 Å². The van der Waals surface area contributed by atoms with Crippen molar-refractivity contribution in [2.45, 2.75) is 5.03 Å². The lowest BCUT2D eigenvalue weighted by atomic mass is 10.3. The zero-order valence-corrected chi connectivity index (χ0v) is 12.4. The van der Waals surface area contributed by atoms with E-state index >= 15 is 0 Å². The first-order valence-electron chi connectivity index (χ1n) is 5.90. The maximum absolute atomic E-state index is 12.2. The predicted octanol–water partition coefficient (Wildman–Crippen LogP) is 1.82.